The zero-order valence-corrected chi connectivity index (χ0v) is 16.2. The van der Waals surface area contributed by atoms with Gasteiger partial charge in [0.25, 0.3) is 0 Å². The molecule has 2 heteroatoms. The highest BCUT2D eigenvalue weighted by molar-refractivity contribution is 5.85. The molecule has 0 saturated carbocycles. The lowest BCUT2D eigenvalue weighted by Gasteiger charge is -2.07. The lowest BCUT2D eigenvalue weighted by Crippen LogP contribution is -3.05. The van der Waals surface area contributed by atoms with Crippen LogP contribution in [0.1, 0.15) is 56.9 Å². The summed E-state index contributed by atoms with van der Waals surface area (Å²) in [4.78, 5) is 1.58. The Hall–Kier alpha value is -1.05. The van der Waals surface area contributed by atoms with Crippen molar-refractivity contribution in [1.29, 1.82) is 0 Å². The molecule has 0 heterocycles. The monoisotopic (exact) mass is 347 g/mol. The highest BCUT2D eigenvalue weighted by Crippen LogP contribution is 2.20. The van der Waals surface area contributed by atoms with Crippen LogP contribution < -0.4 is 17.3 Å². The van der Waals surface area contributed by atoms with Gasteiger partial charge in [-0.25, -0.2) is 0 Å². The lowest BCUT2D eigenvalue weighted by atomic mass is 9.99. The Kier molecular flexibility index (Phi) is 10.8. The summed E-state index contributed by atoms with van der Waals surface area (Å²) in [6.45, 7) is 1.32. The smallest absolute Gasteiger partial charge is 0.0766 e. The number of halogens is 1. The SMILES string of the molecule is C[NH+](C)CCCCCCCCCCc1cccc2ccccc12.[Cl-]. The second-order valence-electron chi connectivity index (χ2n) is 7.17. The van der Waals surface area contributed by atoms with Crippen LogP contribution in [0.3, 0.4) is 0 Å². The van der Waals surface area contributed by atoms with E-state index >= 15 is 0 Å². The molecule has 0 aliphatic heterocycles. The van der Waals surface area contributed by atoms with E-state index < -0.39 is 0 Å². The molecule has 0 aliphatic carbocycles. The van der Waals surface area contributed by atoms with Crippen molar-refractivity contribution in [1.82, 2.24) is 0 Å². The van der Waals surface area contributed by atoms with Crippen LogP contribution in [0.2, 0.25) is 0 Å². The van der Waals surface area contributed by atoms with Crippen molar-refractivity contribution in [2.75, 3.05) is 20.6 Å². The van der Waals surface area contributed by atoms with Gasteiger partial charge in [0.05, 0.1) is 20.6 Å². The predicted octanol–water partition coefficient (Wildman–Crippen LogP) is 1.65. The maximum absolute atomic E-state index is 2.30. The first-order valence-electron chi connectivity index (χ1n) is 9.53. The largest absolute Gasteiger partial charge is 1.00 e. The number of rotatable bonds is 11. The highest BCUT2D eigenvalue weighted by Gasteiger charge is 2.00. The zero-order chi connectivity index (χ0) is 16.3. The molecule has 0 amide bonds. The van der Waals surface area contributed by atoms with Crippen LogP contribution in [0.15, 0.2) is 42.5 Å². The first-order chi connectivity index (χ1) is 11.3. The minimum Gasteiger partial charge on any atom is -1.00 e. The van der Waals surface area contributed by atoms with Crippen molar-refractivity contribution in [2.45, 2.75) is 57.8 Å². The number of nitrogens with one attached hydrogen (secondary N) is 1. The van der Waals surface area contributed by atoms with Crippen molar-refractivity contribution in [3.05, 3.63) is 48.0 Å². The van der Waals surface area contributed by atoms with Crippen LogP contribution in [0, 0.1) is 0 Å². The molecule has 0 atom stereocenters. The van der Waals surface area contributed by atoms with Crippen LogP contribution in [0.25, 0.3) is 10.8 Å². The predicted molar refractivity (Wildman–Crippen MR) is 102 cm³/mol. The fourth-order valence-corrected chi connectivity index (χ4v) is 3.37. The first kappa shape index (κ1) is 21.0. The highest BCUT2D eigenvalue weighted by atomic mass is 35.5. The van der Waals surface area contributed by atoms with Gasteiger partial charge in [-0.05, 0) is 42.0 Å². The summed E-state index contributed by atoms with van der Waals surface area (Å²) in [6.07, 6.45) is 12.4. The number of fused-ring (bicyclic) bond motifs is 1. The van der Waals surface area contributed by atoms with Gasteiger partial charge in [-0.3, -0.25) is 0 Å². The molecule has 2 rings (SSSR count). The number of unbranched alkanes of at least 4 members (excludes halogenated alkanes) is 7. The molecule has 24 heavy (non-hydrogen) atoms. The van der Waals surface area contributed by atoms with E-state index in [1.54, 1.807) is 4.90 Å². The summed E-state index contributed by atoms with van der Waals surface area (Å²) in [6, 6.07) is 15.5. The van der Waals surface area contributed by atoms with E-state index in [4.69, 9.17) is 0 Å². The second-order valence-corrected chi connectivity index (χ2v) is 7.17. The minimum absolute atomic E-state index is 0. The Morgan fingerprint density at radius 2 is 1.25 bits per heavy atom. The van der Waals surface area contributed by atoms with E-state index in [-0.39, 0.29) is 12.4 Å². The molecule has 0 radical (unpaired) electrons. The second kappa shape index (κ2) is 12.3. The fraction of sp³-hybridized carbons (Fsp3) is 0.545. The summed E-state index contributed by atoms with van der Waals surface area (Å²) in [5, 5.41) is 2.82. The van der Waals surface area contributed by atoms with Gasteiger partial charge in [-0.15, -0.1) is 0 Å². The third kappa shape index (κ3) is 7.68. The molecule has 1 nitrogen and oxygen atoms in total. The molecule has 1 N–H and O–H groups in total. The molecule has 0 fully saturated rings. The van der Waals surface area contributed by atoms with Gasteiger partial charge >= 0.3 is 0 Å². The summed E-state index contributed by atoms with van der Waals surface area (Å²) in [7, 11) is 4.49. The molecular formula is C22H34ClN. The number of aryl methyl sites for hydroxylation is 1. The normalized spacial score (nSPS) is 11.0. The number of hydrogen-bond donors (Lipinski definition) is 1. The Morgan fingerprint density at radius 1 is 0.667 bits per heavy atom. The molecule has 2 aromatic carbocycles. The first-order valence-corrected chi connectivity index (χ1v) is 9.53. The van der Waals surface area contributed by atoms with E-state index in [1.165, 1.54) is 80.7 Å². The third-order valence-corrected chi connectivity index (χ3v) is 4.75. The number of benzene rings is 2. The van der Waals surface area contributed by atoms with Crippen LogP contribution in [-0.2, 0) is 6.42 Å². The van der Waals surface area contributed by atoms with E-state index in [1.807, 2.05) is 0 Å². The van der Waals surface area contributed by atoms with Crippen molar-refractivity contribution in [3.63, 3.8) is 0 Å². The van der Waals surface area contributed by atoms with Gasteiger partial charge < -0.3 is 17.3 Å². The van der Waals surface area contributed by atoms with Gasteiger partial charge in [0, 0.05) is 0 Å². The Labute approximate surface area is 154 Å². The summed E-state index contributed by atoms with van der Waals surface area (Å²) in [5.41, 5.74) is 1.52. The Morgan fingerprint density at radius 3 is 1.96 bits per heavy atom. The molecule has 0 aliphatic rings. The molecule has 0 unspecified atom stereocenters. The molecular weight excluding hydrogens is 314 g/mol. The standard InChI is InChI=1S/C22H33N.ClH/c1-23(2)19-12-8-6-4-3-5-7-9-14-20-16-13-17-21-15-10-11-18-22(20)21;/h10-11,13,15-18H,3-9,12,14,19H2,1-2H3;1H. The summed E-state index contributed by atoms with van der Waals surface area (Å²) >= 11 is 0. The van der Waals surface area contributed by atoms with E-state index in [0.29, 0.717) is 0 Å². The lowest BCUT2D eigenvalue weighted by molar-refractivity contribution is -0.858. The van der Waals surface area contributed by atoms with Gasteiger partial charge in [0.2, 0.25) is 0 Å². The third-order valence-electron chi connectivity index (χ3n) is 4.75. The van der Waals surface area contributed by atoms with Crippen molar-refractivity contribution in [2.24, 2.45) is 0 Å². The molecule has 0 aromatic heterocycles. The van der Waals surface area contributed by atoms with Gasteiger partial charge in [-0.1, -0.05) is 74.6 Å². The topological polar surface area (TPSA) is 4.44 Å². The summed E-state index contributed by atoms with van der Waals surface area (Å²) in [5.74, 6) is 0. The van der Waals surface area contributed by atoms with Gasteiger partial charge in [-0.2, -0.15) is 0 Å². The molecule has 0 saturated heterocycles. The Bertz CT molecular complexity index is 559. The number of hydrogen-bond acceptors (Lipinski definition) is 0. The van der Waals surface area contributed by atoms with Crippen LogP contribution >= 0.6 is 0 Å². The van der Waals surface area contributed by atoms with Crippen LogP contribution in [0.5, 0.6) is 0 Å². The van der Waals surface area contributed by atoms with Gasteiger partial charge in [0.15, 0.2) is 0 Å². The van der Waals surface area contributed by atoms with Crippen molar-refractivity contribution >= 4 is 10.8 Å². The zero-order valence-electron chi connectivity index (χ0n) is 15.5. The molecule has 0 spiro atoms. The number of quaternary nitrogens is 1. The van der Waals surface area contributed by atoms with Gasteiger partial charge in [0.1, 0.15) is 0 Å². The van der Waals surface area contributed by atoms with Crippen molar-refractivity contribution < 1.29 is 17.3 Å². The minimum atomic E-state index is 0. The quantitative estimate of drug-likeness (QED) is 0.590. The van der Waals surface area contributed by atoms with Crippen molar-refractivity contribution in [3.8, 4) is 0 Å². The maximum atomic E-state index is 2.30. The van der Waals surface area contributed by atoms with E-state index in [2.05, 4.69) is 56.6 Å². The van der Waals surface area contributed by atoms with E-state index in [9.17, 15) is 0 Å². The van der Waals surface area contributed by atoms with Crippen LogP contribution in [0.4, 0.5) is 0 Å². The molecule has 0 bridgehead atoms. The fourth-order valence-electron chi connectivity index (χ4n) is 3.37. The summed E-state index contributed by atoms with van der Waals surface area (Å²) < 4.78 is 0. The average molecular weight is 348 g/mol. The molecule has 2 aromatic rings. The Balaban J connectivity index is 0.00000288. The maximum Gasteiger partial charge on any atom is 0.0766 e. The van der Waals surface area contributed by atoms with Crippen LogP contribution in [-0.4, -0.2) is 20.6 Å². The average Bonchev–Trinajstić information content (AvgIpc) is 2.56. The van der Waals surface area contributed by atoms with E-state index in [0.717, 1.165) is 0 Å². The molecule has 134 valence electrons.